The van der Waals surface area contributed by atoms with Crippen molar-refractivity contribution in [2.24, 2.45) is 0 Å². The van der Waals surface area contributed by atoms with Crippen molar-refractivity contribution in [3.05, 3.63) is 48.4 Å². The van der Waals surface area contributed by atoms with Crippen molar-refractivity contribution >= 4 is 17.3 Å². The van der Waals surface area contributed by atoms with E-state index < -0.39 is 0 Å². The van der Waals surface area contributed by atoms with Crippen LogP contribution in [0.3, 0.4) is 0 Å². The number of nitrogens with zero attached hydrogens (tertiary/aromatic N) is 2. The SMILES string of the molecule is COCCN1CCN(c2ccc(NC(=O)CCc3ccco3)cc2)CC1. The lowest BCUT2D eigenvalue weighted by molar-refractivity contribution is -0.116. The number of piperazine rings is 1. The number of carbonyl (C=O) groups excluding carboxylic acids is 1. The van der Waals surface area contributed by atoms with Gasteiger partial charge in [0.15, 0.2) is 0 Å². The first-order valence-electron chi connectivity index (χ1n) is 9.13. The van der Waals surface area contributed by atoms with E-state index in [1.807, 2.05) is 24.3 Å². The van der Waals surface area contributed by atoms with E-state index >= 15 is 0 Å². The van der Waals surface area contributed by atoms with Crippen LogP contribution in [0, 0.1) is 0 Å². The lowest BCUT2D eigenvalue weighted by atomic mass is 10.2. The minimum Gasteiger partial charge on any atom is -0.469 e. The van der Waals surface area contributed by atoms with E-state index in [0.29, 0.717) is 12.8 Å². The van der Waals surface area contributed by atoms with Crippen LogP contribution in [0.4, 0.5) is 11.4 Å². The second kappa shape index (κ2) is 9.40. The van der Waals surface area contributed by atoms with Crippen LogP contribution in [-0.2, 0) is 16.0 Å². The van der Waals surface area contributed by atoms with Gasteiger partial charge in [0.1, 0.15) is 5.76 Å². The summed E-state index contributed by atoms with van der Waals surface area (Å²) < 4.78 is 10.4. The molecule has 1 saturated heterocycles. The molecule has 3 rings (SSSR count). The molecule has 26 heavy (non-hydrogen) atoms. The number of ether oxygens (including phenoxy) is 1. The molecule has 6 heteroatoms. The molecule has 1 fully saturated rings. The molecule has 1 aromatic carbocycles. The largest absolute Gasteiger partial charge is 0.469 e. The molecule has 6 nitrogen and oxygen atoms in total. The number of benzene rings is 1. The molecule has 0 unspecified atom stereocenters. The number of anilines is 2. The number of aryl methyl sites for hydroxylation is 1. The maximum Gasteiger partial charge on any atom is 0.224 e. The van der Waals surface area contributed by atoms with Gasteiger partial charge in [0.2, 0.25) is 5.91 Å². The number of carbonyl (C=O) groups is 1. The van der Waals surface area contributed by atoms with Gasteiger partial charge in [-0.25, -0.2) is 0 Å². The van der Waals surface area contributed by atoms with E-state index in [1.54, 1.807) is 13.4 Å². The highest BCUT2D eigenvalue weighted by Crippen LogP contribution is 2.20. The molecule has 0 radical (unpaired) electrons. The Hall–Kier alpha value is -2.31. The first-order valence-corrected chi connectivity index (χ1v) is 9.13. The molecule has 0 saturated carbocycles. The maximum atomic E-state index is 12.0. The van der Waals surface area contributed by atoms with Gasteiger partial charge in [-0.3, -0.25) is 9.69 Å². The van der Waals surface area contributed by atoms with Crippen molar-refractivity contribution in [2.45, 2.75) is 12.8 Å². The number of nitrogens with one attached hydrogen (secondary N) is 1. The Bertz CT molecular complexity index is 662. The maximum absolute atomic E-state index is 12.0. The monoisotopic (exact) mass is 357 g/mol. The van der Waals surface area contributed by atoms with E-state index in [1.165, 1.54) is 5.69 Å². The van der Waals surface area contributed by atoms with Crippen LogP contribution in [-0.4, -0.2) is 57.2 Å². The fourth-order valence-electron chi connectivity index (χ4n) is 3.12. The Morgan fingerprint density at radius 3 is 2.58 bits per heavy atom. The summed E-state index contributed by atoms with van der Waals surface area (Å²) in [5.41, 5.74) is 2.03. The molecule has 0 aliphatic carbocycles. The lowest BCUT2D eigenvalue weighted by Gasteiger charge is -2.36. The number of rotatable bonds is 8. The van der Waals surface area contributed by atoms with Gasteiger partial charge in [-0.05, 0) is 36.4 Å². The summed E-state index contributed by atoms with van der Waals surface area (Å²) in [6, 6.07) is 11.8. The summed E-state index contributed by atoms with van der Waals surface area (Å²) in [5.74, 6) is 0.834. The molecule has 1 N–H and O–H groups in total. The normalized spacial score (nSPS) is 15.2. The third kappa shape index (κ3) is 5.34. The lowest BCUT2D eigenvalue weighted by Crippen LogP contribution is -2.47. The van der Waals surface area contributed by atoms with E-state index in [-0.39, 0.29) is 5.91 Å². The average molecular weight is 357 g/mol. The summed E-state index contributed by atoms with van der Waals surface area (Å²) in [5, 5.41) is 2.94. The Morgan fingerprint density at radius 1 is 1.15 bits per heavy atom. The number of amides is 1. The van der Waals surface area contributed by atoms with Gasteiger partial charge >= 0.3 is 0 Å². The topological polar surface area (TPSA) is 58.0 Å². The molecular weight excluding hydrogens is 330 g/mol. The quantitative estimate of drug-likeness (QED) is 0.787. The third-order valence-corrected chi connectivity index (χ3v) is 4.68. The fraction of sp³-hybridized carbons (Fsp3) is 0.450. The smallest absolute Gasteiger partial charge is 0.224 e. The number of hydrogen-bond donors (Lipinski definition) is 1. The van der Waals surface area contributed by atoms with E-state index in [4.69, 9.17) is 9.15 Å². The van der Waals surface area contributed by atoms with Crippen LogP contribution in [0.5, 0.6) is 0 Å². The van der Waals surface area contributed by atoms with Gasteiger partial charge in [0.05, 0.1) is 12.9 Å². The highest BCUT2D eigenvalue weighted by molar-refractivity contribution is 5.91. The molecule has 2 heterocycles. The van der Waals surface area contributed by atoms with Crippen LogP contribution in [0.1, 0.15) is 12.2 Å². The summed E-state index contributed by atoms with van der Waals surface area (Å²) in [6.45, 7) is 5.90. The molecule has 1 aromatic heterocycles. The van der Waals surface area contributed by atoms with Crippen LogP contribution in [0.2, 0.25) is 0 Å². The van der Waals surface area contributed by atoms with Gasteiger partial charge in [-0.1, -0.05) is 0 Å². The first kappa shape index (κ1) is 18.5. The minimum absolute atomic E-state index is 0.000840. The summed E-state index contributed by atoms with van der Waals surface area (Å²) in [4.78, 5) is 16.8. The van der Waals surface area contributed by atoms with Gasteiger partial charge in [-0.2, -0.15) is 0 Å². The fourth-order valence-corrected chi connectivity index (χ4v) is 3.12. The van der Waals surface area contributed by atoms with Crippen LogP contribution in [0.15, 0.2) is 47.1 Å². The van der Waals surface area contributed by atoms with Gasteiger partial charge in [0, 0.05) is 64.0 Å². The summed E-state index contributed by atoms with van der Waals surface area (Å²) in [6.07, 6.45) is 2.66. The Morgan fingerprint density at radius 2 is 1.92 bits per heavy atom. The zero-order valence-corrected chi connectivity index (χ0v) is 15.3. The molecular formula is C20H27N3O3. The second-order valence-corrected chi connectivity index (χ2v) is 6.50. The molecule has 1 aliphatic heterocycles. The second-order valence-electron chi connectivity index (χ2n) is 6.50. The summed E-state index contributed by atoms with van der Waals surface area (Å²) in [7, 11) is 1.74. The Kier molecular flexibility index (Phi) is 6.68. The standard InChI is InChI=1S/C20H27N3O3/c1-25-16-14-22-10-12-23(13-11-22)18-6-4-17(5-7-18)21-20(24)9-8-19-3-2-15-26-19/h2-7,15H,8-14,16H2,1H3,(H,21,24). The molecule has 0 atom stereocenters. The Labute approximate surface area is 154 Å². The number of furan rings is 1. The zero-order chi connectivity index (χ0) is 18.2. The minimum atomic E-state index is 0.000840. The third-order valence-electron chi connectivity index (χ3n) is 4.68. The van der Waals surface area contributed by atoms with Crippen LogP contribution < -0.4 is 10.2 Å². The molecule has 0 spiro atoms. The van der Waals surface area contributed by atoms with Gasteiger partial charge in [0.25, 0.3) is 0 Å². The van der Waals surface area contributed by atoms with Crippen molar-refractivity contribution in [3.8, 4) is 0 Å². The molecule has 1 aliphatic rings. The van der Waals surface area contributed by atoms with Crippen molar-refractivity contribution in [1.82, 2.24) is 4.90 Å². The van der Waals surface area contributed by atoms with E-state index in [9.17, 15) is 4.79 Å². The molecule has 140 valence electrons. The Balaban J connectivity index is 1.44. The number of hydrogen-bond acceptors (Lipinski definition) is 5. The van der Waals surface area contributed by atoms with Crippen molar-refractivity contribution in [3.63, 3.8) is 0 Å². The van der Waals surface area contributed by atoms with Crippen molar-refractivity contribution in [1.29, 1.82) is 0 Å². The first-order chi connectivity index (χ1) is 12.7. The molecule has 2 aromatic rings. The van der Waals surface area contributed by atoms with E-state index in [2.05, 4.69) is 27.2 Å². The van der Waals surface area contributed by atoms with Gasteiger partial charge < -0.3 is 19.4 Å². The molecule has 0 bridgehead atoms. The highest BCUT2D eigenvalue weighted by Gasteiger charge is 2.16. The predicted octanol–water partition coefficient (Wildman–Crippen LogP) is 2.62. The van der Waals surface area contributed by atoms with Crippen molar-refractivity contribution < 1.29 is 13.9 Å². The summed E-state index contributed by atoms with van der Waals surface area (Å²) >= 11 is 0. The van der Waals surface area contributed by atoms with Crippen molar-refractivity contribution in [2.75, 3.05) is 56.7 Å². The number of methoxy groups -OCH3 is 1. The average Bonchev–Trinajstić information content (AvgIpc) is 3.19. The predicted molar refractivity (Wildman–Crippen MR) is 103 cm³/mol. The zero-order valence-electron chi connectivity index (χ0n) is 15.3. The van der Waals surface area contributed by atoms with Gasteiger partial charge in [-0.15, -0.1) is 0 Å². The molecule has 1 amide bonds. The van der Waals surface area contributed by atoms with Crippen LogP contribution in [0.25, 0.3) is 0 Å². The highest BCUT2D eigenvalue weighted by atomic mass is 16.5. The van der Waals surface area contributed by atoms with E-state index in [0.717, 1.165) is 50.8 Å². The van der Waals surface area contributed by atoms with Crippen LogP contribution >= 0.6 is 0 Å².